The third-order valence-electron chi connectivity index (χ3n) is 4.29. The van der Waals surface area contributed by atoms with E-state index in [9.17, 15) is 19.5 Å². The Morgan fingerprint density at radius 3 is 2.34 bits per heavy atom. The van der Waals surface area contributed by atoms with Crippen LogP contribution in [0.5, 0.6) is 5.88 Å². The molecule has 3 rings (SSSR count). The van der Waals surface area contributed by atoms with Crippen LogP contribution < -0.4 is 16.6 Å². The Morgan fingerprint density at radius 1 is 1.07 bits per heavy atom. The van der Waals surface area contributed by atoms with Gasteiger partial charge in [0.05, 0.1) is 17.1 Å². The van der Waals surface area contributed by atoms with Gasteiger partial charge < -0.3 is 10.4 Å². The van der Waals surface area contributed by atoms with Gasteiger partial charge in [-0.3, -0.25) is 19.6 Å². The number of benzene rings is 2. The standard InChI is InChI=1S/C21H20N4O4/c1-12-6-4-5-7-17(12)25-20(28)18(19(27)24-21(25)29)13(2)22-15-8-10-16(11-9-15)23-14(3)26/h4-11,28H,1-3H3,(H,23,26)(H,24,27,29). The third-order valence-corrected chi connectivity index (χ3v) is 4.29. The van der Waals surface area contributed by atoms with Crippen molar-refractivity contribution in [3.05, 3.63) is 80.5 Å². The van der Waals surface area contributed by atoms with Gasteiger partial charge in [0.15, 0.2) is 0 Å². The van der Waals surface area contributed by atoms with E-state index < -0.39 is 17.1 Å². The number of amides is 1. The predicted molar refractivity (Wildman–Crippen MR) is 112 cm³/mol. The number of carbonyl (C=O) groups excluding carboxylic acids is 1. The molecule has 0 saturated carbocycles. The molecule has 3 N–H and O–H groups in total. The van der Waals surface area contributed by atoms with Crippen LogP contribution in [-0.2, 0) is 4.79 Å². The van der Waals surface area contributed by atoms with Crippen LogP contribution in [0.15, 0.2) is 63.1 Å². The number of hydrogen-bond acceptors (Lipinski definition) is 5. The van der Waals surface area contributed by atoms with Gasteiger partial charge in [-0.05, 0) is 49.7 Å². The molecule has 0 bridgehead atoms. The Bertz CT molecular complexity index is 1220. The van der Waals surface area contributed by atoms with E-state index >= 15 is 0 Å². The molecule has 1 aromatic heterocycles. The number of anilines is 1. The first-order valence-corrected chi connectivity index (χ1v) is 8.85. The maximum absolute atomic E-state index is 12.4. The molecule has 0 aliphatic heterocycles. The number of aromatic hydroxyl groups is 1. The van der Waals surface area contributed by atoms with Gasteiger partial charge in [0, 0.05) is 12.6 Å². The van der Waals surface area contributed by atoms with E-state index in [-0.39, 0.29) is 17.2 Å². The monoisotopic (exact) mass is 392 g/mol. The molecule has 148 valence electrons. The fraction of sp³-hybridized carbons (Fsp3) is 0.143. The van der Waals surface area contributed by atoms with Gasteiger partial charge >= 0.3 is 5.69 Å². The molecule has 1 heterocycles. The number of aliphatic imine (C=N–C) groups is 1. The van der Waals surface area contributed by atoms with Crippen LogP contribution in [0.2, 0.25) is 0 Å². The highest BCUT2D eigenvalue weighted by Crippen LogP contribution is 2.22. The van der Waals surface area contributed by atoms with Crippen LogP contribution in [-0.4, -0.2) is 26.3 Å². The van der Waals surface area contributed by atoms with Crippen LogP contribution >= 0.6 is 0 Å². The lowest BCUT2D eigenvalue weighted by molar-refractivity contribution is -0.114. The van der Waals surface area contributed by atoms with E-state index in [1.807, 2.05) is 6.07 Å². The maximum atomic E-state index is 12.4. The van der Waals surface area contributed by atoms with Gasteiger partial charge in [-0.25, -0.2) is 9.36 Å². The second-order valence-corrected chi connectivity index (χ2v) is 6.51. The summed E-state index contributed by atoms with van der Waals surface area (Å²) < 4.78 is 1.05. The Morgan fingerprint density at radius 2 is 1.72 bits per heavy atom. The fourth-order valence-electron chi connectivity index (χ4n) is 2.96. The van der Waals surface area contributed by atoms with Gasteiger partial charge in [-0.15, -0.1) is 0 Å². The van der Waals surface area contributed by atoms with Crippen molar-refractivity contribution in [1.82, 2.24) is 9.55 Å². The fourth-order valence-corrected chi connectivity index (χ4v) is 2.96. The summed E-state index contributed by atoms with van der Waals surface area (Å²) in [5.74, 6) is -0.670. The molecule has 29 heavy (non-hydrogen) atoms. The number of para-hydroxylation sites is 1. The van der Waals surface area contributed by atoms with Gasteiger partial charge in [0.1, 0.15) is 5.56 Å². The number of rotatable bonds is 4. The zero-order valence-electron chi connectivity index (χ0n) is 16.2. The summed E-state index contributed by atoms with van der Waals surface area (Å²) in [6.07, 6.45) is 0. The van der Waals surface area contributed by atoms with Gasteiger partial charge in [-0.2, -0.15) is 0 Å². The number of H-pyrrole nitrogens is 1. The van der Waals surface area contributed by atoms with E-state index in [0.29, 0.717) is 17.1 Å². The van der Waals surface area contributed by atoms with Crippen LogP contribution in [0.4, 0.5) is 11.4 Å². The highest BCUT2D eigenvalue weighted by atomic mass is 16.3. The average Bonchev–Trinajstić information content (AvgIpc) is 2.64. The van der Waals surface area contributed by atoms with Crippen molar-refractivity contribution < 1.29 is 9.90 Å². The second-order valence-electron chi connectivity index (χ2n) is 6.51. The van der Waals surface area contributed by atoms with Crippen molar-refractivity contribution >= 4 is 23.0 Å². The quantitative estimate of drug-likeness (QED) is 0.592. The SMILES string of the molecule is CC(=O)Nc1ccc(N=C(C)c2c(O)n(-c3ccccc3C)c(=O)[nH]c2=O)cc1. The van der Waals surface area contributed by atoms with Gasteiger partial charge in [0.25, 0.3) is 5.56 Å². The van der Waals surface area contributed by atoms with Crippen molar-refractivity contribution in [3.8, 4) is 11.6 Å². The Labute approximate surface area is 166 Å². The minimum absolute atomic E-state index is 0.0983. The Hall–Kier alpha value is -3.94. The topological polar surface area (TPSA) is 117 Å². The van der Waals surface area contributed by atoms with Crippen molar-refractivity contribution in [2.24, 2.45) is 4.99 Å². The third kappa shape index (κ3) is 4.16. The lowest BCUT2D eigenvalue weighted by atomic mass is 10.1. The van der Waals surface area contributed by atoms with Gasteiger partial charge in [0.2, 0.25) is 11.8 Å². The number of hydrogen-bond donors (Lipinski definition) is 3. The largest absolute Gasteiger partial charge is 0.493 e. The second kappa shape index (κ2) is 7.97. The summed E-state index contributed by atoms with van der Waals surface area (Å²) >= 11 is 0. The van der Waals surface area contributed by atoms with E-state index in [4.69, 9.17) is 0 Å². The van der Waals surface area contributed by atoms with E-state index in [1.54, 1.807) is 56.3 Å². The molecule has 0 saturated heterocycles. The summed E-state index contributed by atoms with van der Waals surface area (Å²) in [4.78, 5) is 42.4. The first kappa shape index (κ1) is 19.8. The Balaban J connectivity index is 2.09. The Kier molecular flexibility index (Phi) is 5.45. The summed E-state index contributed by atoms with van der Waals surface area (Å²) in [5.41, 5.74) is 1.02. The van der Waals surface area contributed by atoms with Crippen LogP contribution in [0.3, 0.4) is 0 Å². The first-order chi connectivity index (χ1) is 13.8. The maximum Gasteiger partial charge on any atom is 0.335 e. The minimum atomic E-state index is -0.738. The van der Waals surface area contributed by atoms with E-state index in [0.717, 1.165) is 10.1 Å². The average molecular weight is 392 g/mol. The highest BCUT2D eigenvalue weighted by Gasteiger charge is 2.18. The molecule has 8 heteroatoms. The summed E-state index contributed by atoms with van der Waals surface area (Å²) in [6, 6.07) is 13.7. The molecule has 2 aromatic carbocycles. The number of nitrogens with zero attached hydrogens (tertiary/aromatic N) is 2. The van der Waals surface area contributed by atoms with E-state index in [2.05, 4.69) is 15.3 Å². The molecule has 0 radical (unpaired) electrons. The van der Waals surface area contributed by atoms with Crippen molar-refractivity contribution in [3.63, 3.8) is 0 Å². The number of aromatic nitrogens is 2. The number of nitrogens with one attached hydrogen (secondary N) is 2. The van der Waals surface area contributed by atoms with Crippen LogP contribution in [0.1, 0.15) is 25.0 Å². The number of aryl methyl sites for hydroxylation is 1. The molecule has 8 nitrogen and oxygen atoms in total. The van der Waals surface area contributed by atoms with E-state index in [1.165, 1.54) is 6.92 Å². The smallest absolute Gasteiger partial charge is 0.335 e. The van der Waals surface area contributed by atoms with Gasteiger partial charge in [-0.1, -0.05) is 18.2 Å². The lowest BCUT2D eigenvalue weighted by Gasteiger charge is -2.13. The van der Waals surface area contributed by atoms with Crippen LogP contribution in [0.25, 0.3) is 5.69 Å². The zero-order valence-corrected chi connectivity index (χ0v) is 16.2. The summed E-state index contributed by atoms with van der Waals surface area (Å²) in [6.45, 7) is 4.77. The van der Waals surface area contributed by atoms with Crippen molar-refractivity contribution in [2.45, 2.75) is 20.8 Å². The normalized spacial score (nSPS) is 11.3. The molecule has 0 aliphatic rings. The number of carbonyl (C=O) groups is 1. The molecule has 0 atom stereocenters. The lowest BCUT2D eigenvalue weighted by Crippen LogP contribution is -2.33. The summed E-state index contributed by atoms with van der Waals surface area (Å²) in [5, 5.41) is 13.4. The molecular weight excluding hydrogens is 372 g/mol. The molecular formula is C21H20N4O4. The van der Waals surface area contributed by atoms with Crippen LogP contribution in [0, 0.1) is 6.92 Å². The predicted octanol–water partition coefficient (Wildman–Crippen LogP) is 2.64. The zero-order chi connectivity index (χ0) is 21.1. The number of aromatic amines is 1. The molecule has 0 aliphatic carbocycles. The molecule has 1 amide bonds. The minimum Gasteiger partial charge on any atom is -0.493 e. The van der Waals surface area contributed by atoms with Crippen molar-refractivity contribution in [1.29, 1.82) is 0 Å². The molecule has 0 fully saturated rings. The molecule has 0 spiro atoms. The van der Waals surface area contributed by atoms with Crippen molar-refractivity contribution in [2.75, 3.05) is 5.32 Å². The first-order valence-electron chi connectivity index (χ1n) is 8.85. The molecule has 0 unspecified atom stereocenters. The summed E-state index contributed by atoms with van der Waals surface area (Å²) in [7, 11) is 0. The molecule has 3 aromatic rings. The highest BCUT2D eigenvalue weighted by molar-refractivity contribution is 6.01.